The van der Waals surface area contributed by atoms with Crippen LogP contribution in [0.4, 0.5) is 5.69 Å². The van der Waals surface area contributed by atoms with E-state index in [2.05, 4.69) is 10.3 Å². The Morgan fingerprint density at radius 3 is 2.97 bits per heavy atom. The van der Waals surface area contributed by atoms with Crippen molar-refractivity contribution >= 4 is 22.6 Å². The molecule has 29 heavy (non-hydrogen) atoms. The number of carbonyl (C=O) groups is 1. The lowest BCUT2D eigenvalue weighted by molar-refractivity contribution is -0.385. The summed E-state index contributed by atoms with van der Waals surface area (Å²) in [4.78, 5) is 35.2. The fourth-order valence-corrected chi connectivity index (χ4v) is 2.95. The van der Waals surface area contributed by atoms with Crippen molar-refractivity contribution in [3.8, 4) is 5.75 Å². The number of hydrogen-bond acceptors (Lipinski definition) is 9. The van der Waals surface area contributed by atoms with Crippen molar-refractivity contribution in [2.45, 2.75) is 19.8 Å². The Kier molecular flexibility index (Phi) is 4.87. The van der Waals surface area contributed by atoms with Crippen molar-refractivity contribution in [1.82, 2.24) is 15.0 Å². The molecule has 0 spiro atoms. The van der Waals surface area contributed by atoms with Crippen LogP contribution in [0.25, 0.3) is 10.9 Å². The Hall–Kier alpha value is -3.86. The third-order valence-electron chi connectivity index (χ3n) is 4.28. The molecule has 2 aromatic carbocycles. The number of nitro groups is 1. The minimum atomic E-state index is -0.746. The molecule has 0 saturated carbocycles. The summed E-state index contributed by atoms with van der Waals surface area (Å²) < 4.78 is 16.6. The topological polar surface area (TPSA) is 136 Å². The van der Waals surface area contributed by atoms with Gasteiger partial charge in [0, 0.05) is 23.3 Å². The SMILES string of the molecule is O=C(Cn1nnc2ccccc2c1=O)OCc1cc([N+](=O)[O-])cc2c1OCOC2. The van der Waals surface area contributed by atoms with Crippen molar-refractivity contribution in [3.05, 3.63) is 68.0 Å². The predicted octanol–water partition coefficient (Wildman–Crippen LogP) is 1.31. The van der Waals surface area contributed by atoms with E-state index in [1.54, 1.807) is 24.3 Å². The van der Waals surface area contributed by atoms with Gasteiger partial charge >= 0.3 is 5.97 Å². The second-order valence-electron chi connectivity index (χ2n) is 6.19. The molecule has 0 atom stereocenters. The van der Waals surface area contributed by atoms with Gasteiger partial charge < -0.3 is 14.2 Å². The average molecular weight is 398 g/mol. The summed E-state index contributed by atoms with van der Waals surface area (Å²) in [7, 11) is 0. The summed E-state index contributed by atoms with van der Waals surface area (Å²) in [5, 5.41) is 19.1. The number of aromatic nitrogens is 3. The summed E-state index contributed by atoms with van der Waals surface area (Å²) in [6.45, 7) is -0.565. The molecule has 0 N–H and O–H groups in total. The molecule has 11 heteroatoms. The molecule has 0 unspecified atom stereocenters. The zero-order chi connectivity index (χ0) is 20.4. The predicted molar refractivity (Wildman–Crippen MR) is 97.0 cm³/mol. The van der Waals surface area contributed by atoms with E-state index < -0.39 is 23.0 Å². The smallest absolute Gasteiger partial charge is 0.328 e. The van der Waals surface area contributed by atoms with Gasteiger partial charge in [0.25, 0.3) is 11.2 Å². The quantitative estimate of drug-likeness (QED) is 0.354. The van der Waals surface area contributed by atoms with E-state index >= 15 is 0 Å². The first-order valence-corrected chi connectivity index (χ1v) is 8.52. The molecule has 0 amide bonds. The summed E-state index contributed by atoms with van der Waals surface area (Å²) in [5.41, 5.74) is 0.613. The Balaban J connectivity index is 1.52. The molecule has 0 bridgehead atoms. The lowest BCUT2D eigenvalue weighted by Crippen LogP contribution is -2.28. The molecule has 0 fully saturated rings. The highest BCUT2D eigenvalue weighted by atomic mass is 16.7. The Morgan fingerprint density at radius 2 is 2.14 bits per heavy atom. The lowest BCUT2D eigenvalue weighted by atomic mass is 10.1. The molecule has 1 aliphatic rings. The Morgan fingerprint density at radius 1 is 1.31 bits per heavy atom. The molecule has 3 aromatic rings. The van der Waals surface area contributed by atoms with Gasteiger partial charge in [-0.3, -0.25) is 19.7 Å². The molecule has 0 saturated heterocycles. The van der Waals surface area contributed by atoms with Crippen LogP contribution in [-0.4, -0.2) is 32.7 Å². The van der Waals surface area contributed by atoms with Crippen LogP contribution in [0.1, 0.15) is 11.1 Å². The second kappa shape index (κ2) is 7.64. The normalized spacial score (nSPS) is 12.8. The van der Waals surface area contributed by atoms with Crippen molar-refractivity contribution < 1.29 is 23.9 Å². The highest BCUT2D eigenvalue weighted by Gasteiger charge is 2.22. The summed E-state index contributed by atoms with van der Waals surface area (Å²) >= 11 is 0. The maximum Gasteiger partial charge on any atom is 0.328 e. The van der Waals surface area contributed by atoms with Gasteiger partial charge in [-0.1, -0.05) is 17.3 Å². The van der Waals surface area contributed by atoms with Crippen LogP contribution < -0.4 is 10.3 Å². The molecule has 0 radical (unpaired) electrons. The van der Waals surface area contributed by atoms with Gasteiger partial charge in [-0.15, -0.1) is 5.10 Å². The zero-order valence-corrected chi connectivity index (χ0v) is 14.9. The van der Waals surface area contributed by atoms with E-state index in [-0.39, 0.29) is 25.7 Å². The van der Waals surface area contributed by atoms with Gasteiger partial charge in [0.15, 0.2) is 6.79 Å². The van der Waals surface area contributed by atoms with Crippen LogP contribution in [0, 0.1) is 10.1 Å². The summed E-state index contributed by atoms with van der Waals surface area (Å²) in [6, 6.07) is 9.26. The minimum absolute atomic E-state index is 0.00612. The number of nitrogens with zero attached hydrogens (tertiary/aromatic N) is 4. The number of ether oxygens (including phenoxy) is 3. The van der Waals surface area contributed by atoms with Crippen LogP contribution in [-0.2, 0) is 34.0 Å². The Labute approximate surface area is 162 Å². The average Bonchev–Trinajstić information content (AvgIpc) is 2.74. The minimum Gasteiger partial charge on any atom is -0.467 e. The molecular formula is C18H14N4O7. The first kappa shape index (κ1) is 18.5. The number of nitro benzene ring substituents is 1. The molecule has 4 rings (SSSR count). The largest absolute Gasteiger partial charge is 0.467 e. The van der Waals surface area contributed by atoms with Gasteiger partial charge in [0.1, 0.15) is 24.4 Å². The van der Waals surface area contributed by atoms with E-state index in [0.29, 0.717) is 27.8 Å². The van der Waals surface area contributed by atoms with Crippen LogP contribution >= 0.6 is 0 Å². The van der Waals surface area contributed by atoms with E-state index in [1.165, 1.54) is 12.1 Å². The van der Waals surface area contributed by atoms with Crippen molar-refractivity contribution in [3.63, 3.8) is 0 Å². The maximum atomic E-state index is 12.4. The molecule has 1 aliphatic heterocycles. The number of rotatable bonds is 5. The zero-order valence-electron chi connectivity index (χ0n) is 14.9. The third kappa shape index (κ3) is 3.75. The number of fused-ring (bicyclic) bond motifs is 2. The van der Waals surface area contributed by atoms with E-state index in [9.17, 15) is 19.7 Å². The first-order valence-electron chi connectivity index (χ1n) is 8.52. The molecule has 11 nitrogen and oxygen atoms in total. The van der Waals surface area contributed by atoms with Gasteiger partial charge in [-0.2, -0.15) is 4.68 Å². The van der Waals surface area contributed by atoms with Gasteiger partial charge in [-0.05, 0) is 12.1 Å². The van der Waals surface area contributed by atoms with Crippen molar-refractivity contribution in [2.75, 3.05) is 6.79 Å². The lowest BCUT2D eigenvalue weighted by Gasteiger charge is -2.20. The molecule has 148 valence electrons. The van der Waals surface area contributed by atoms with E-state index in [4.69, 9.17) is 14.2 Å². The number of non-ortho nitro benzene ring substituents is 1. The highest BCUT2D eigenvalue weighted by molar-refractivity contribution is 5.77. The van der Waals surface area contributed by atoms with Gasteiger partial charge in [0.2, 0.25) is 0 Å². The molecule has 1 aromatic heterocycles. The first-order chi connectivity index (χ1) is 14.0. The third-order valence-corrected chi connectivity index (χ3v) is 4.28. The highest BCUT2D eigenvalue weighted by Crippen LogP contribution is 2.33. The molecule has 2 heterocycles. The maximum absolute atomic E-state index is 12.4. The number of carbonyl (C=O) groups excluding carboxylic acids is 1. The van der Waals surface area contributed by atoms with E-state index in [1.807, 2.05) is 0 Å². The number of hydrogen-bond donors (Lipinski definition) is 0. The molecular weight excluding hydrogens is 384 g/mol. The van der Waals surface area contributed by atoms with Crippen LogP contribution in [0.2, 0.25) is 0 Å². The van der Waals surface area contributed by atoms with Crippen LogP contribution in [0.3, 0.4) is 0 Å². The van der Waals surface area contributed by atoms with E-state index in [0.717, 1.165) is 4.68 Å². The molecule has 0 aliphatic carbocycles. The fraction of sp³-hybridized carbons (Fsp3) is 0.222. The van der Waals surface area contributed by atoms with Gasteiger partial charge in [-0.25, -0.2) is 0 Å². The number of esters is 1. The van der Waals surface area contributed by atoms with Gasteiger partial charge in [0.05, 0.1) is 16.9 Å². The number of benzene rings is 2. The van der Waals surface area contributed by atoms with Crippen LogP contribution in [0.5, 0.6) is 5.75 Å². The standard InChI is InChI=1S/C18H14N4O7/c23-16(7-21-18(24)14-3-1-2-4-15(14)19-20-21)28-9-12-6-13(22(25)26)5-11-8-27-10-29-17(11)12/h1-6H,7-10H2. The summed E-state index contributed by atoms with van der Waals surface area (Å²) in [5.74, 6) is -0.360. The van der Waals surface area contributed by atoms with Crippen molar-refractivity contribution in [2.24, 2.45) is 0 Å². The fourth-order valence-electron chi connectivity index (χ4n) is 2.95. The Bertz CT molecular complexity index is 1170. The summed E-state index contributed by atoms with van der Waals surface area (Å²) in [6.07, 6.45) is 0. The monoisotopic (exact) mass is 398 g/mol. The second-order valence-corrected chi connectivity index (χ2v) is 6.19. The van der Waals surface area contributed by atoms with Crippen LogP contribution in [0.15, 0.2) is 41.2 Å². The van der Waals surface area contributed by atoms with Crippen molar-refractivity contribution in [1.29, 1.82) is 0 Å².